The van der Waals surface area contributed by atoms with E-state index in [4.69, 9.17) is 0 Å². The van der Waals surface area contributed by atoms with Crippen LogP contribution in [0.2, 0.25) is 0 Å². The third kappa shape index (κ3) is 1.26. The molecule has 2 aromatic heterocycles. The second-order valence-corrected chi connectivity index (χ2v) is 4.08. The molecule has 0 saturated heterocycles. The number of hydrogen-bond donors (Lipinski definition) is 0. The third-order valence-electron chi connectivity index (χ3n) is 3.07. The summed E-state index contributed by atoms with van der Waals surface area (Å²) in [6.45, 7) is 1.97. The number of pyridine rings is 1. The van der Waals surface area contributed by atoms with Gasteiger partial charge in [0.15, 0.2) is 11.6 Å². The van der Waals surface area contributed by atoms with E-state index in [-0.39, 0.29) is 5.82 Å². The molecule has 3 rings (SSSR count). The van der Waals surface area contributed by atoms with Gasteiger partial charge in [-0.05, 0) is 43.9 Å². The Morgan fingerprint density at radius 3 is 3.06 bits per heavy atom. The van der Waals surface area contributed by atoms with E-state index in [1.807, 2.05) is 6.92 Å². The first kappa shape index (κ1) is 9.51. The van der Waals surface area contributed by atoms with Crippen molar-refractivity contribution in [1.29, 1.82) is 0 Å². The molecule has 0 saturated carbocycles. The van der Waals surface area contributed by atoms with Crippen LogP contribution >= 0.6 is 0 Å². The Labute approximate surface area is 92.9 Å². The fourth-order valence-electron chi connectivity index (χ4n) is 2.33. The predicted octanol–water partition coefficient (Wildman–Crippen LogP) is 2.20. The van der Waals surface area contributed by atoms with Gasteiger partial charge in [-0.2, -0.15) is 5.10 Å². The topological polar surface area (TPSA) is 30.7 Å². The van der Waals surface area contributed by atoms with E-state index in [0.29, 0.717) is 5.82 Å². The predicted molar refractivity (Wildman–Crippen MR) is 58.1 cm³/mol. The van der Waals surface area contributed by atoms with Crippen LogP contribution < -0.4 is 0 Å². The molecule has 0 N–H and O–H groups in total. The second kappa shape index (κ2) is 3.40. The maximum Gasteiger partial charge on any atom is 0.189 e. The summed E-state index contributed by atoms with van der Waals surface area (Å²) in [5, 5.41) is 4.38. The molecule has 0 amide bonds. The maximum atomic E-state index is 13.6. The molecule has 4 heteroatoms. The van der Waals surface area contributed by atoms with Crippen molar-refractivity contribution in [2.75, 3.05) is 0 Å². The van der Waals surface area contributed by atoms with Crippen molar-refractivity contribution >= 4 is 0 Å². The highest BCUT2D eigenvalue weighted by Crippen LogP contribution is 2.27. The smallest absolute Gasteiger partial charge is 0.189 e. The largest absolute Gasteiger partial charge is 0.235 e. The minimum atomic E-state index is -0.320. The van der Waals surface area contributed by atoms with Crippen LogP contribution in [-0.2, 0) is 12.8 Å². The first-order valence-electron chi connectivity index (χ1n) is 5.45. The summed E-state index contributed by atoms with van der Waals surface area (Å²) >= 11 is 0. The molecule has 3 nitrogen and oxygen atoms in total. The summed E-state index contributed by atoms with van der Waals surface area (Å²) in [7, 11) is 0. The van der Waals surface area contributed by atoms with E-state index in [2.05, 4.69) is 10.1 Å². The monoisotopic (exact) mass is 217 g/mol. The summed E-state index contributed by atoms with van der Waals surface area (Å²) < 4.78 is 15.3. The van der Waals surface area contributed by atoms with Gasteiger partial charge in [-0.1, -0.05) is 0 Å². The van der Waals surface area contributed by atoms with Gasteiger partial charge in [0.2, 0.25) is 0 Å². The quantitative estimate of drug-likeness (QED) is 0.733. The van der Waals surface area contributed by atoms with Crippen molar-refractivity contribution in [3.8, 4) is 5.82 Å². The van der Waals surface area contributed by atoms with Crippen molar-refractivity contribution in [1.82, 2.24) is 14.8 Å². The molecule has 0 atom stereocenters. The van der Waals surface area contributed by atoms with Crippen LogP contribution in [0, 0.1) is 12.7 Å². The standard InChI is InChI=1S/C12H12FN3/c1-8-9-4-2-6-11(9)16(15-8)12-10(13)5-3-7-14-12/h3,5,7H,2,4,6H2,1H3. The molecule has 82 valence electrons. The zero-order valence-electron chi connectivity index (χ0n) is 9.07. The van der Waals surface area contributed by atoms with E-state index in [1.54, 1.807) is 16.9 Å². The molecule has 0 aromatic carbocycles. The Kier molecular flexibility index (Phi) is 2.02. The van der Waals surface area contributed by atoms with Crippen LogP contribution in [0.15, 0.2) is 18.3 Å². The van der Waals surface area contributed by atoms with E-state index < -0.39 is 0 Å². The summed E-state index contributed by atoms with van der Waals surface area (Å²) in [6.07, 6.45) is 4.74. The average molecular weight is 217 g/mol. The summed E-state index contributed by atoms with van der Waals surface area (Å²) in [4.78, 5) is 4.06. The Bertz CT molecular complexity index is 545. The van der Waals surface area contributed by atoms with Gasteiger partial charge < -0.3 is 0 Å². The summed E-state index contributed by atoms with van der Waals surface area (Å²) in [5.74, 6) is -0.00606. The highest BCUT2D eigenvalue weighted by molar-refractivity contribution is 5.36. The van der Waals surface area contributed by atoms with Crippen molar-refractivity contribution in [3.63, 3.8) is 0 Å². The lowest BCUT2D eigenvalue weighted by Gasteiger charge is -2.04. The van der Waals surface area contributed by atoms with Crippen LogP contribution in [-0.4, -0.2) is 14.8 Å². The number of hydrogen-bond acceptors (Lipinski definition) is 2. The normalized spacial score (nSPS) is 14.1. The average Bonchev–Trinajstić information content (AvgIpc) is 2.84. The van der Waals surface area contributed by atoms with Gasteiger partial charge >= 0.3 is 0 Å². The Morgan fingerprint density at radius 1 is 1.38 bits per heavy atom. The molecule has 16 heavy (non-hydrogen) atoms. The van der Waals surface area contributed by atoms with Crippen LogP contribution in [0.25, 0.3) is 5.82 Å². The fraction of sp³-hybridized carbons (Fsp3) is 0.333. The van der Waals surface area contributed by atoms with Gasteiger partial charge in [0.25, 0.3) is 0 Å². The molecule has 0 fully saturated rings. The van der Waals surface area contributed by atoms with E-state index in [1.165, 1.54) is 11.6 Å². The highest BCUT2D eigenvalue weighted by Gasteiger charge is 2.22. The SMILES string of the molecule is Cc1nn(-c2ncccc2F)c2c1CCC2. The Morgan fingerprint density at radius 2 is 2.25 bits per heavy atom. The molecular formula is C12H12FN3. The van der Waals surface area contributed by atoms with Crippen molar-refractivity contribution in [3.05, 3.63) is 41.1 Å². The van der Waals surface area contributed by atoms with Crippen molar-refractivity contribution < 1.29 is 4.39 Å². The molecule has 0 aliphatic heterocycles. The third-order valence-corrected chi connectivity index (χ3v) is 3.07. The number of rotatable bonds is 1. The lowest BCUT2D eigenvalue weighted by Crippen LogP contribution is -2.06. The first-order chi connectivity index (χ1) is 7.77. The molecule has 0 radical (unpaired) electrons. The number of aryl methyl sites for hydroxylation is 1. The van der Waals surface area contributed by atoms with E-state index in [0.717, 1.165) is 30.7 Å². The second-order valence-electron chi connectivity index (χ2n) is 4.08. The number of nitrogens with zero attached hydrogens (tertiary/aromatic N) is 3. The van der Waals surface area contributed by atoms with Gasteiger partial charge in [0, 0.05) is 11.9 Å². The molecule has 2 heterocycles. The minimum absolute atomic E-state index is 0.314. The zero-order valence-corrected chi connectivity index (χ0v) is 9.07. The summed E-state index contributed by atoms with van der Waals surface area (Å²) in [5.41, 5.74) is 3.39. The number of halogens is 1. The molecular weight excluding hydrogens is 205 g/mol. The highest BCUT2D eigenvalue weighted by atomic mass is 19.1. The van der Waals surface area contributed by atoms with Gasteiger partial charge in [-0.3, -0.25) is 0 Å². The molecule has 1 aliphatic carbocycles. The molecule has 0 bridgehead atoms. The van der Waals surface area contributed by atoms with Crippen LogP contribution in [0.3, 0.4) is 0 Å². The Balaban J connectivity index is 2.21. The molecule has 0 spiro atoms. The lowest BCUT2D eigenvalue weighted by molar-refractivity contribution is 0.594. The van der Waals surface area contributed by atoms with E-state index in [9.17, 15) is 4.39 Å². The van der Waals surface area contributed by atoms with Gasteiger partial charge in [0.1, 0.15) is 0 Å². The zero-order chi connectivity index (χ0) is 11.1. The van der Waals surface area contributed by atoms with Gasteiger partial charge in [-0.25, -0.2) is 14.1 Å². The van der Waals surface area contributed by atoms with E-state index >= 15 is 0 Å². The van der Waals surface area contributed by atoms with Gasteiger partial charge in [-0.15, -0.1) is 0 Å². The molecule has 2 aromatic rings. The lowest BCUT2D eigenvalue weighted by atomic mass is 10.2. The van der Waals surface area contributed by atoms with Crippen LogP contribution in [0.1, 0.15) is 23.4 Å². The number of fused-ring (bicyclic) bond motifs is 1. The van der Waals surface area contributed by atoms with Crippen LogP contribution in [0.5, 0.6) is 0 Å². The molecule has 0 unspecified atom stereocenters. The van der Waals surface area contributed by atoms with Crippen molar-refractivity contribution in [2.24, 2.45) is 0 Å². The Hall–Kier alpha value is -1.71. The summed E-state index contributed by atoms with van der Waals surface area (Å²) in [6, 6.07) is 3.01. The maximum absolute atomic E-state index is 13.6. The minimum Gasteiger partial charge on any atom is -0.235 e. The number of aromatic nitrogens is 3. The molecule has 1 aliphatic rings. The fourth-order valence-corrected chi connectivity index (χ4v) is 2.33. The van der Waals surface area contributed by atoms with Crippen molar-refractivity contribution in [2.45, 2.75) is 26.2 Å². The van der Waals surface area contributed by atoms with Crippen LogP contribution in [0.4, 0.5) is 4.39 Å². The van der Waals surface area contributed by atoms with Gasteiger partial charge in [0.05, 0.1) is 5.69 Å². The first-order valence-corrected chi connectivity index (χ1v) is 5.45.